The predicted octanol–water partition coefficient (Wildman–Crippen LogP) is 3.20. The topological polar surface area (TPSA) is 124 Å². The Morgan fingerprint density at radius 1 is 1.06 bits per heavy atom. The van der Waals surface area contributed by atoms with Gasteiger partial charge in [-0.05, 0) is 36.6 Å². The van der Waals surface area contributed by atoms with Crippen molar-refractivity contribution in [1.82, 2.24) is 10.4 Å². The zero-order valence-electron chi connectivity index (χ0n) is 19.8. The fourth-order valence-electron chi connectivity index (χ4n) is 4.50. The fraction of sp³-hybridized carbons (Fsp3) is 0.308. The van der Waals surface area contributed by atoms with Gasteiger partial charge in [-0.2, -0.15) is 0 Å². The largest absolute Gasteiger partial charge is 0.378 e. The number of hydroxylamine groups is 1. The summed E-state index contributed by atoms with van der Waals surface area (Å²) in [6, 6.07) is 19.8. The molecule has 2 heterocycles. The summed E-state index contributed by atoms with van der Waals surface area (Å²) in [5, 5.41) is 19.8. The molecule has 1 fully saturated rings. The lowest BCUT2D eigenvalue weighted by atomic mass is 9.97. The molecule has 190 valence electrons. The number of thiophene rings is 1. The number of aliphatic hydroxyl groups excluding tert-OH is 1. The van der Waals surface area contributed by atoms with Gasteiger partial charge in [-0.25, -0.2) is 13.9 Å². The molecule has 0 aliphatic carbocycles. The van der Waals surface area contributed by atoms with Gasteiger partial charge in [0, 0.05) is 22.8 Å². The summed E-state index contributed by atoms with van der Waals surface area (Å²) in [7, 11) is -3.95. The summed E-state index contributed by atoms with van der Waals surface area (Å²) in [6.45, 7) is 1.90. The highest BCUT2D eigenvalue weighted by Gasteiger charge is 2.50. The first-order chi connectivity index (χ1) is 17.2. The molecule has 1 saturated heterocycles. The number of nitrogens with one attached hydrogen (secondary N) is 1. The molecule has 4 rings (SSSR count). The van der Waals surface area contributed by atoms with Crippen molar-refractivity contribution >= 4 is 33.0 Å². The van der Waals surface area contributed by atoms with Gasteiger partial charge in [0.05, 0.1) is 12.2 Å². The molecule has 2 amide bonds. The lowest BCUT2D eigenvalue weighted by molar-refractivity contribution is -0.140. The summed E-state index contributed by atoms with van der Waals surface area (Å²) < 4.78 is 25.8. The van der Waals surface area contributed by atoms with Crippen LogP contribution >= 0.6 is 11.3 Å². The highest BCUT2D eigenvalue weighted by Crippen LogP contribution is 2.45. The van der Waals surface area contributed by atoms with Crippen LogP contribution in [0.2, 0.25) is 0 Å². The number of carbonyl (C=O) groups excluding carboxylic acids is 2. The molecule has 0 spiro atoms. The van der Waals surface area contributed by atoms with E-state index in [4.69, 9.17) is 0 Å². The van der Waals surface area contributed by atoms with Crippen LogP contribution < -0.4 is 5.48 Å². The van der Waals surface area contributed by atoms with E-state index < -0.39 is 38.9 Å². The number of aliphatic hydroxyl groups is 1. The van der Waals surface area contributed by atoms with Gasteiger partial charge in [-0.15, -0.1) is 11.3 Å². The minimum atomic E-state index is -3.95. The van der Waals surface area contributed by atoms with Crippen LogP contribution in [0.3, 0.4) is 0 Å². The molecule has 3 aromatic rings. The van der Waals surface area contributed by atoms with Gasteiger partial charge in [0.1, 0.15) is 4.75 Å². The zero-order chi connectivity index (χ0) is 25.9. The van der Waals surface area contributed by atoms with Crippen molar-refractivity contribution in [1.29, 1.82) is 0 Å². The maximum absolute atomic E-state index is 13.7. The Bertz CT molecular complexity index is 1340. The van der Waals surface area contributed by atoms with Crippen LogP contribution in [0.4, 0.5) is 0 Å². The van der Waals surface area contributed by atoms with E-state index in [-0.39, 0.29) is 25.3 Å². The Morgan fingerprint density at radius 2 is 1.75 bits per heavy atom. The van der Waals surface area contributed by atoms with Gasteiger partial charge < -0.3 is 10.0 Å². The number of benzene rings is 2. The van der Waals surface area contributed by atoms with Crippen LogP contribution in [0.15, 0.2) is 66.7 Å². The molecule has 8 nitrogen and oxygen atoms in total. The Balaban J connectivity index is 1.69. The number of amides is 2. The summed E-state index contributed by atoms with van der Waals surface area (Å²) in [4.78, 5) is 28.1. The standard InChI is InChI=1S/C26H28N2O6S2/c1-18-7-9-19(10-8-18)21-11-12-22(35-21)26(17-23(29)27-32)13-14-28(15-16-36(26,33)34)25(31)24(30)20-5-3-2-4-6-20/h2-12,24,30,32H,13-17H2,1H3,(H,27,29)/t24-,26?/m0/s1. The van der Waals surface area contributed by atoms with E-state index in [0.29, 0.717) is 10.4 Å². The van der Waals surface area contributed by atoms with Crippen molar-refractivity contribution in [2.24, 2.45) is 0 Å². The van der Waals surface area contributed by atoms with Crippen molar-refractivity contribution in [3.63, 3.8) is 0 Å². The first-order valence-electron chi connectivity index (χ1n) is 11.5. The molecule has 1 aliphatic heterocycles. The van der Waals surface area contributed by atoms with E-state index >= 15 is 0 Å². The average molecular weight is 529 g/mol. The molecule has 2 aromatic carbocycles. The van der Waals surface area contributed by atoms with E-state index in [1.807, 2.05) is 37.3 Å². The Morgan fingerprint density at radius 3 is 2.42 bits per heavy atom. The van der Waals surface area contributed by atoms with Crippen LogP contribution in [0, 0.1) is 6.92 Å². The third kappa shape index (κ3) is 5.08. The van der Waals surface area contributed by atoms with Gasteiger partial charge in [-0.3, -0.25) is 14.8 Å². The molecular weight excluding hydrogens is 500 g/mol. The molecule has 0 bridgehead atoms. The number of hydrogen-bond donors (Lipinski definition) is 3. The van der Waals surface area contributed by atoms with Gasteiger partial charge >= 0.3 is 0 Å². The van der Waals surface area contributed by atoms with Gasteiger partial charge in [0.15, 0.2) is 15.9 Å². The summed E-state index contributed by atoms with van der Waals surface area (Å²) in [5.74, 6) is -1.80. The van der Waals surface area contributed by atoms with Crippen LogP contribution in [-0.4, -0.2) is 54.3 Å². The van der Waals surface area contributed by atoms with Crippen LogP contribution in [0.5, 0.6) is 0 Å². The first kappa shape index (κ1) is 26.0. The molecule has 10 heteroatoms. The number of sulfone groups is 1. The highest BCUT2D eigenvalue weighted by molar-refractivity contribution is 7.92. The summed E-state index contributed by atoms with van der Waals surface area (Å²) >= 11 is 1.28. The molecule has 1 aliphatic rings. The SMILES string of the molecule is Cc1ccc(-c2ccc(C3(CC(=O)NO)CCN(C(=O)[C@@H](O)c4ccccc4)CCS3(=O)=O)s2)cc1. The smallest absolute Gasteiger partial charge is 0.256 e. The van der Waals surface area contributed by atoms with E-state index in [1.54, 1.807) is 41.9 Å². The summed E-state index contributed by atoms with van der Waals surface area (Å²) in [6.07, 6.45) is -1.95. The van der Waals surface area contributed by atoms with Crippen molar-refractivity contribution in [2.75, 3.05) is 18.8 Å². The van der Waals surface area contributed by atoms with E-state index in [9.17, 15) is 28.3 Å². The number of nitrogens with zero attached hydrogens (tertiary/aromatic N) is 1. The monoisotopic (exact) mass is 528 g/mol. The minimum Gasteiger partial charge on any atom is -0.378 e. The lowest BCUT2D eigenvalue weighted by Gasteiger charge is -2.30. The van der Waals surface area contributed by atoms with E-state index in [2.05, 4.69) is 0 Å². The van der Waals surface area contributed by atoms with Gasteiger partial charge in [0.2, 0.25) is 5.91 Å². The second-order valence-corrected chi connectivity index (χ2v) is 12.4. The molecule has 0 saturated carbocycles. The second-order valence-electron chi connectivity index (χ2n) is 8.94. The zero-order valence-corrected chi connectivity index (χ0v) is 21.4. The van der Waals surface area contributed by atoms with Crippen LogP contribution in [0.25, 0.3) is 10.4 Å². The normalized spacial score (nSPS) is 20.4. The molecule has 0 radical (unpaired) electrons. The molecule has 2 atom stereocenters. The maximum Gasteiger partial charge on any atom is 0.256 e. The molecular formula is C26H28N2O6S2. The third-order valence-electron chi connectivity index (χ3n) is 6.63. The summed E-state index contributed by atoms with van der Waals surface area (Å²) in [5.41, 5.74) is 4.00. The molecule has 3 N–H and O–H groups in total. The Kier molecular flexibility index (Phi) is 7.60. The number of carbonyl (C=O) groups is 2. The van der Waals surface area contributed by atoms with Gasteiger partial charge in [-0.1, -0.05) is 60.2 Å². The first-order valence-corrected chi connectivity index (χ1v) is 14.0. The van der Waals surface area contributed by atoms with Crippen molar-refractivity contribution < 1.29 is 28.3 Å². The quantitative estimate of drug-likeness (QED) is 0.334. The molecule has 36 heavy (non-hydrogen) atoms. The van der Waals surface area contributed by atoms with Gasteiger partial charge in [0.25, 0.3) is 5.91 Å². The van der Waals surface area contributed by atoms with Crippen molar-refractivity contribution in [3.05, 3.63) is 82.7 Å². The van der Waals surface area contributed by atoms with Crippen molar-refractivity contribution in [2.45, 2.75) is 30.6 Å². The molecule has 1 aromatic heterocycles. The van der Waals surface area contributed by atoms with Crippen LogP contribution in [-0.2, 0) is 24.2 Å². The lowest BCUT2D eigenvalue weighted by Crippen LogP contribution is -2.41. The maximum atomic E-state index is 13.7. The van der Waals surface area contributed by atoms with Crippen molar-refractivity contribution in [3.8, 4) is 10.4 Å². The minimum absolute atomic E-state index is 0.0262. The second kappa shape index (κ2) is 10.5. The number of hydrogen-bond acceptors (Lipinski definition) is 7. The average Bonchev–Trinajstić information content (AvgIpc) is 3.33. The van der Waals surface area contributed by atoms with E-state index in [1.165, 1.54) is 16.2 Å². The fourth-order valence-corrected chi connectivity index (χ4v) is 8.10. The molecule has 1 unspecified atom stereocenters. The highest BCUT2D eigenvalue weighted by atomic mass is 32.2. The van der Waals surface area contributed by atoms with E-state index in [0.717, 1.165) is 16.0 Å². The number of rotatable bonds is 6. The Hall–Kier alpha value is -3.05. The predicted molar refractivity (Wildman–Crippen MR) is 137 cm³/mol. The van der Waals surface area contributed by atoms with Crippen LogP contribution in [0.1, 0.15) is 34.9 Å². The number of aryl methyl sites for hydroxylation is 1. The Labute approximate surface area is 214 Å². The third-order valence-corrected chi connectivity index (χ3v) is 10.6.